The van der Waals surface area contributed by atoms with E-state index < -0.39 is 5.97 Å². The van der Waals surface area contributed by atoms with Crippen molar-refractivity contribution in [2.24, 2.45) is 0 Å². The van der Waals surface area contributed by atoms with E-state index in [1.54, 1.807) is 29.1 Å². The fourth-order valence-electron chi connectivity index (χ4n) is 3.89. The predicted octanol–water partition coefficient (Wildman–Crippen LogP) is 4.96. The minimum absolute atomic E-state index is 0.00672. The number of hydrogen-bond acceptors (Lipinski definition) is 6. The van der Waals surface area contributed by atoms with Gasteiger partial charge in [-0.25, -0.2) is 0 Å². The molecule has 4 aromatic rings. The maximum Gasteiger partial charge on any atom is 0.307 e. The molecule has 5 rings (SSSR count). The first-order valence-electron chi connectivity index (χ1n) is 11.9. The Balaban J connectivity index is 1.27. The van der Waals surface area contributed by atoms with Gasteiger partial charge in [0.05, 0.1) is 19.6 Å². The number of carboxylic acids is 1. The number of carbonyl (C=O) groups is 1. The second-order valence-electron chi connectivity index (χ2n) is 8.45. The Morgan fingerprint density at radius 2 is 1.73 bits per heavy atom. The Bertz CT molecular complexity index is 1430. The standard InChI is InChI=1S/C28H25ClN4O4/c29-27-13-9-21(18-30-27)20-8-12-26(25(17-20)33-31-23-4-1-2-5-24(23)32-33)37-15-3-14-36-22-10-6-19(7-11-22)16-28(34)35/h1-2,4-13,17-18,27,30H,3,14-16H2,(H,34,35). The predicted molar refractivity (Wildman–Crippen MR) is 142 cm³/mol. The number of halogens is 1. The third-order valence-electron chi connectivity index (χ3n) is 5.73. The van der Waals surface area contributed by atoms with E-state index in [4.69, 9.17) is 26.2 Å². The molecule has 2 heterocycles. The highest BCUT2D eigenvalue weighted by Gasteiger charge is 2.14. The summed E-state index contributed by atoms with van der Waals surface area (Å²) in [7, 11) is 0. The van der Waals surface area contributed by atoms with Gasteiger partial charge >= 0.3 is 5.97 Å². The molecule has 2 N–H and O–H groups in total. The molecule has 0 saturated heterocycles. The molecule has 1 aliphatic rings. The van der Waals surface area contributed by atoms with Gasteiger partial charge in [0.2, 0.25) is 0 Å². The van der Waals surface area contributed by atoms with Gasteiger partial charge in [0.25, 0.3) is 0 Å². The monoisotopic (exact) mass is 516 g/mol. The molecule has 0 saturated carbocycles. The van der Waals surface area contributed by atoms with E-state index in [9.17, 15) is 4.79 Å². The van der Waals surface area contributed by atoms with Crippen molar-refractivity contribution in [3.8, 4) is 17.2 Å². The van der Waals surface area contributed by atoms with Crippen molar-refractivity contribution >= 4 is 34.2 Å². The van der Waals surface area contributed by atoms with Crippen LogP contribution >= 0.6 is 11.6 Å². The van der Waals surface area contributed by atoms with Gasteiger partial charge in [-0.05, 0) is 59.2 Å². The van der Waals surface area contributed by atoms with E-state index in [0.717, 1.165) is 33.4 Å². The second-order valence-corrected chi connectivity index (χ2v) is 8.92. The van der Waals surface area contributed by atoms with Crippen LogP contribution in [0.15, 0.2) is 85.1 Å². The SMILES string of the molecule is O=C(O)Cc1ccc(OCCCOc2ccc(C3=CNC(Cl)C=C3)cc2-n2nc3ccccc3n2)cc1. The van der Waals surface area contributed by atoms with Crippen molar-refractivity contribution in [3.63, 3.8) is 0 Å². The summed E-state index contributed by atoms with van der Waals surface area (Å²) in [5, 5.41) is 21.3. The normalized spacial score (nSPS) is 14.7. The molecule has 1 aromatic heterocycles. The maximum atomic E-state index is 10.8. The van der Waals surface area contributed by atoms with Crippen molar-refractivity contribution in [1.29, 1.82) is 0 Å². The summed E-state index contributed by atoms with van der Waals surface area (Å²) in [6, 6.07) is 20.7. The minimum Gasteiger partial charge on any atom is -0.493 e. The number of benzene rings is 3. The topological polar surface area (TPSA) is 98.5 Å². The molecule has 37 heavy (non-hydrogen) atoms. The lowest BCUT2D eigenvalue weighted by Crippen LogP contribution is -2.18. The summed E-state index contributed by atoms with van der Waals surface area (Å²) >= 11 is 6.10. The highest BCUT2D eigenvalue weighted by Crippen LogP contribution is 2.29. The molecule has 0 aliphatic carbocycles. The zero-order valence-electron chi connectivity index (χ0n) is 19.9. The van der Waals surface area contributed by atoms with Crippen molar-refractivity contribution in [1.82, 2.24) is 20.3 Å². The van der Waals surface area contributed by atoms with Crippen LogP contribution in [0.5, 0.6) is 11.5 Å². The van der Waals surface area contributed by atoms with Gasteiger partial charge in [0, 0.05) is 12.6 Å². The van der Waals surface area contributed by atoms with Gasteiger partial charge in [-0.15, -0.1) is 15.0 Å². The summed E-state index contributed by atoms with van der Waals surface area (Å²) in [5.74, 6) is 0.489. The van der Waals surface area contributed by atoms with Crippen molar-refractivity contribution in [2.45, 2.75) is 18.3 Å². The summed E-state index contributed by atoms with van der Waals surface area (Å²) in [4.78, 5) is 12.4. The van der Waals surface area contributed by atoms with E-state index in [0.29, 0.717) is 31.1 Å². The number of nitrogens with zero attached hydrogens (tertiary/aromatic N) is 3. The van der Waals surface area contributed by atoms with Crippen LogP contribution in [-0.2, 0) is 11.2 Å². The van der Waals surface area contributed by atoms with Crippen molar-refractivity contribution < 1.29 is 19.4 Å². The lowest BCUT2D eigenvalue weighted by Gasteiger charge is -2.16. The lowest BCUT2D eigenvalue weighted by molar-refractivity contribution is -0.136. The van der Waals surface area contributed by atoms with Gasteiger partial charge < -0.3 is 19.9 Å². The Morgan fingerprint density at radius 3 is 2.41 bits per heavy atom. The number of rotatable bonds is 10. The van der Waals surface area contributed by atoms with Gasteiger partial charge in [-0.3, -0.25) is 4.79 Å². The number of allylic oxidation sites excluding steroid dienone is 2. The van der Waals surface area contributed by atoms with Gasteiger partial charge in [-0.2, -0.15) is 0 Å². The van der Waals surface area contributed by atoms with E-state index in [-0.39, 0.29) is 11.9 Å². The molecular formula is C28H25ClN4O4. The van der Waals surface area contributed by atoms with Crippen LogP contribution in [0.3, 0.4) is 0 Å². The summed E-state index contributed by atoms with van der Waals surface area (Å²) < 4.78 is 11.9. The smallest absolute Gasteiger partial charge is 0.307 e. The number of nitrogens with one attached hydrogen (secondary N) is 1. The number of ether oxygens (including phenoxy) is 2. The van der Waals surface area contributed by atoms with Crippen molar-refractivity contribution in [3.05, 3.63) is 96.2 Å². The lowest BCUT2D eigenvalue weighted by atomic mass is 10.0. The molecule has 9 heteroatoms. The number of dihydropyridines is 1. The second kappa shape index (κ2) is 11.2. The Morgan fingerprint density at radius 1 is 1.00 bits per heavy atom. The van der Waals surface area contributed by atoms with E-state index >= 15 is 0 Å². The molecule has 0 radical (unpaired) electrons. The first-order chi connectivity index (χ1) is 18.0. The number of hydrogen-bond donors (Lipinski definition) is 2. The molecule has 8 nitrogen and oxygen atoms in total. The summed E-state index contributed by atoms with van der Waals surface area (Å²) in [6.45, 7) is 0.890. The Hall–Kier alpha value is -4.30. The molecule has 3 aromatic carbocycles. The average molecular weight is 517 g/mol. The van der Waals surface area contributed by atoms with Crippen LogP contribution < -0.4 is 14.8 Å². The third-order valence-corrected chi connectivity index (χ3v) is 6.00. The Labute approximate surface area is 218 Å². The number of aliphatic carboxylic acids is 1. The molecule has 1 unspecified atom stereocenters. The zero-order chi connectivity index (χ0) is 25.6. The fourth-order valence-corrected chi connectivity index (χ4v) is 4.03. The molecule has 0 bridgehead atoms. The maximum absolute atomic E-state index is 10.8. The third kappa shape index (κ3) is 6.10. The average Bonchev–Trinajstić information content (AvgIpc) is 3.34. The van der Waals surface area contributed by atoms with E-state index in [2.05, 4.69) is 15.5 Å². The van der Waals surface area contributed by atoms with Crippen LogP contribution in [0.25, 0.3) is 22.3 Å². The van der Waals surface area contributed by atoms with Crippen LogP contribution in [0.2, 0.25) is 0 Å². The Kier molecular flexibility index (Phi) is 7.37. The molecule has 1 aliphatic heterocycles. The van der Waals surface area contributed by atoms with Crippen LogP contribution in [-0.4, -0.2) is 44.8 Å². The van der Waals surface area contributed by atoms with Crippen LogP contribution in [0.4, 0.5) is 0 Å². The summed E-state index contributed by atoms with van der Waals surface area (Å²) in [6.07, 6.45) is 6.40. The van der Waals surface area contributed by atoms with Gasteiger partial charge in [0.1, 0.15) is 33.7 Å². The quantitative estimate of drug-likeness (QED) is 0.174. The number of alkyl halides is 1. The highest BCUT2D eigenvalue weighted by atomic mass is 35.5. The van der Waals surface area contributed by atoms with Crippen molar-refractivity contribution in [2.75, 3.05) is 13.2 Å². The zero-order valence-corrected chi connectivity index (χ0v) is 20.6. The first kappa shape index (κ1) is 24.4. The molecule has 0 fully saturated rings. The van der Waals surface area contributed by atoms with E-state index in [1.165, 1.54) is 0 Å². The molecule has 1 atom stereocenters. The number of fused-ring (bicyclic) bond motifs is 1. The first-order valence-corrected chi connectivity index (χ1v) is 12.3. The number of carboxylic acid groups (broad SMARTS) is 1. The van der Waals surface area contributed by atoms with E-state index in [1.807, 2.05) is 60.8 Å². The summed E-state index contributed by atoms with van der Waals surface area (Å²) in [5.41, 5.74) is 4.79. The molecule has 0 spiro atoms. The fraction of sp³-hybridized carbons (Fsp3) is 0.179. The molecule has 0 amide bonds. The largest absolute Gasteiger partial charge is 0.493 e. The number of aromatic nitrogens is 3. The highest BCUT2D eigenvalue weighted by molar-refractivity contribution is 6.21. The van der Waals surface area contributed by atoms with Gasteiger partial charge in [0.15, 0.2) is 0 Å². The van der Waals surface area contributed by atoms with Crippen LogP contribution in [0, 0.1) is 0 Å². The molecule has 188 valence electrons. The van der Waals surface area contributed by atoms with Crippen LogP contribution in [0.1, 0.15) is 17.5 Å². The molecular weight excluding hydrogens is 492 g/mol. The minimum atomic E-state index is -0.857. The van der Waals surface area contributed by atoms with Gasteiger partial charge in [-0.1, -0.05) is 48.0 Å².